The maximum atomic E-state index is 13.3. The quantitative estimate of drug-likeness (QED) is 0.692. The van der Waals surface area contributed by atoms with Crippen LogP contribution in [0.2, 0.25) is 5.02 Å². The van der Waals surface area contributed by atoms with Crippen molar-refractivity contribution in [3.8, 4) is 23.3 Å². The van der Waals surface area contributed by atoms with Crippen molar-refractivity contribution in [3.63, 3.8) is 0 Å². The first kappa shape index (κ1) is 23.7. The van der Waals surface area contributed by atoms with Crippen LogP contribution in [0, 0.1) is 11.3 Å². The fourth-order valence-corrected chi connectivity index (χ4v) is 3.94. The van der Waals surface area contributed by atoms with Crippen LogP contribution in [0.3, 0.4) is 0 Å². The van der Waals surface area contributed by atoms with Crippen LogP contribution < -0.4 is 24.8 Å². The number of nitrogens with zero attached hydrogens (tertiary/aromatic N) is 1. The zero-order chi connectivity index (χ0) is 24.1. The van der Waals surface area contributed by atoms with E-state index in [1.165, 1.54) is 7.11 Å². The molecule has 9 heteroatoms. The summed E-state index contributed by atoms with van der Waals surface area (Å²) >= 11 is 6.39. The van der Waals surface area contributed by atoms with Crippen molar-refractivity contribution < 1.29 is 23.8 Å². The lowest BCUT2D eigenvalue weighted by Gasteiger charge is -2.22. The zero-order valence-electron chi connectivity index (χ0n) is 18.9. The van der Waals surface area contributed by atoms with Crippen LogP contribution in [0.25, 0.3) is 0 Å². The Hall–Kier alpha value is -3.44. The third-order valence-corrected chi connectivity index (χ3v) is 6.17. The van der Waals surface area contributed by atoms with Crippen LogP contribution in [-0.2, 0) is 11.2 Å². The zero-order valence-corrected chi connectivity index (χ0v) is 19.6. The van der Waals surface area contributed by atoms with Gasteiger partial charge in [0.1, 0.15) is 28.8 Å². The lowest BCUT2D eigenvalue weighted by Crippen LogP contribution is -2.51. The summed E-state index contributed by atoms with van der Waals surface area (Å²) < 4.78 is 16.9. The normalized spacial score (nSPS) is 19.4. The predicted molar refractivity (Wildman–Crippen MR) is 125 cm³/mol. The second-order valence-corrected chi connectivity index (χ2v) is 8.85. The monoisotopic (exact) mass is 483 g/mol. The van der Waals surface area contributed by atoms with E-state index in [4.69, 9.17) is 25.8 Å². The molecule has 2 heterocycles. The Morgan fingerprint density at radius 1 is 1.18 bits per heavy atom. The Morgan fingerprint density at radius 2 is 1.91 bits per heavy atom. The van der Waals surface area contributed by atoms with Crippen LogP contribution in [0.1, 0.15) is 41.6 Å². The van der Waals surface area contributed by atoms with Crippen molar-refractivity contribution >= 4 is 23.4 Å². The Morgan fingerprint density at radius 3 is 2.56 bits per heavy atom. The topological polar surface area (TPSA) is 110 Å². The van der Waals surface area contributed by atoms with Crippen LogP contribution in [0.5, 0.6) is 17.2 Å². The van der Waals surface area contributed by atoms with Crippen molar-refractivity contribution in [1.29, 1.82) is 5.26 Å². The molecule has 0 aromatic heterocycles. The number of nitrogens with one attached hydrogen (secondary N) is 2. The number of hydrogen-bond donors (Lipinski definition) is 2. The Labute approximate surface area is 203 Å². The average molecular weight is 484 g/mol. The van der Waals surface area contributed by atoms with Gasteiger partial charge in [-0.05, 0) is 55.5 Å². The second kappa shape index (κ2) is 10.2. The lowest BCUT2D eigenvalue weighted by atomic mass is 10.0. The van der Waals surface area contributed by atoms with E-state index in [-0.39, 0.29) is 12.0 Å². The van der Waals surface area contributed by atoms with Crippen LogP contribution in [0.15, 0.2) is 36.4 Å². The van der Waals surface area contributed by atoms with E-state index in [9.17, 15) is 14.9 Å². The molecule has 2 aliphatic heterocycles. The number of halogens is 1. The van der Waals surface area contributed by atoms with Gasteiger partial charge in [-0.1, -0.05) is 17.7 Å². The number of fused-ring (bicyclic) bond motifs is 10. The van der Waals surface area contributed by atoms with E-state index in [1.54, 1.807) is 30.3 Å². The lowest BCUT2D eigenvalue weighted by molar-refractivity contribution is -0.123. The number of benzene rings is 2. The fraction of sp³-hybridized carbons (Fsp3) is 0.400. The van der Waals surface area contributed by atoms with Gasteiger partial charge in [-0.25, -0.2) is 0 Å². The third kappa shape index (κ3) is 5.54. The first-order chi connectivity index (χ1) is 16.4. The molecule has 178 valence electrons. The van der Waals surface area contributed by atoms with Gasteiger partial charge in [-0.2, -0.15) is 5.26 Å². The first-order valence-electron chi connectivity index (χ1n) is 11.2. The number of nitriles is 1. The Balaban J connectivity index is 1.66. The van der Waals surface area contributed by atoms with E-state index in [1.807, 2.05) is 6.07 Å². The summed E-state index contributed by atoms with van der Waals surface area (Å²) in [5.74, 6) is 0.585. The van der Waals surface area contributed by atoms with Gasteiger partial charge in [0.05, 0.1) is 37.0 Å². The molecule has 8 nitrogen and oxygen atoms in total. The molecule has 1 fully saturated rings. The molecule has 34 heavy (non-hydrogen) atoms. The molecule has 0 saturated heterocycles. The number of carbonyl (C=O) groups is 2. The summed E-state index contributed by atoms with van der Waals surface area (Å²) in [6.07, 6.45) is 2.81. The van der Waals surface area contributed by atoms with Gasteiger partial charge in [0, 0.05) is 12.5 Å². The molecule has 2 N–H and O–H groups in total. The highest BCUT2D eigenvalue weighted by atomic mass is 35.5. The van der Waals surface area contributed by atoms with Gasteiger partial charge < -0.3 is 24.8 Å². The largest absolute Gasteiger partial charge is 0.497 e. The second-order valence-electron chi connectivity index (χ2n) is 8.44. The summed E-state index contributed by atoms with van der Waals surface area (Å²) in [5.41, 5.74) is 0.176. The number of carbonyl (C=O) groups excluding carboxylic acids is 2. The number of methoxy groups -OCH3 is 1. The maximum Gasteiger partial charge on any atom is 0.255 e. The van der Waals surface area contributed by atoms with Crippen LogP contribution >= 0.6 is 11.6 Å². The predicted octanol–water partition coefficient (Wildman–Crippen LogP) is 3.41. The molecular formula is C25H26ClN3O5. The van der Waals surface area contributed by atoms with Gasteiger partial charge in [-0.3, -0.25) is 9.59 Å². The highest BCUT2D eigenvalue weighted by Crippen LogP contribution is 2.34. The molecular weight excluding hydrogens is 458 g/mol. The summed E-state index contributed by atoms with van der Waals surface area (Å²) in [4.78, 5) is 26.4. The molecule has 0 spiro atoms. The highest BCUT2D eigenvalue weighted by molar-refractivity contribution is 6.32. The summed E-state index contributed by atoms with van der Waals surface area (Å²) in [5, 5.41) is 15.4. The van der Waals surface area contributed by atoms with Crippen molar-refractivity contribution in [3.05, 3.63) is 52.5 Å². The summed E-state index contributed by atoms with van der Waals surface area (Å²) in [6.45, 7) is 0.841. The standard InChI is InChI=1S/C25H26ClN3O5/c1-32-17-5-6-18-22(14-17)34-11-3-2-10-33-21-7-4-16(12-19(21)26)13-20(28-23(18)30)24(31)29-25(15-27)8-9-25/h4-7,12,14,20H,2-3,8-11,13H2,1H3,(H,28,30)(H,29,31)/t20-/m0/s1. The molecule has 1 atom stereocenters. The van der Waals surface area contributed by atoms with Crippen molar-refractivity contribution in [2.45, 2.75) is 43.7 Å². The minimum Gasteiger partial charge on any atom is -0.497 e. The van der Waals surface area contributed by atoms with Gasteiger partial charge in [-0.15, -0.1) is 0 Å². The number of rotatable bonds is 3. The Kier molecular flexibility index (Phi) is 7.13. The Bertz CT molecular complexity index is 1130. The molecule has 1 aliphatic carbocycles. The molecule has 2 bridgehead atoms. The minimum atomic E-state index is -0.927. The minimum absolute atomic E-state index is 0.186. The summed E-state index contributed by atoms with van der Waals surface area (Å²) in [6, 6.07) is 11.4. The fourth-order valence-electron chi connectivity index (χ4n) is 3.69. The molecule has 3 aliphatic rings. The van der Waals surface area contributed by atoms with Crippen molar-refractivity contribution in [1.82, 2.24) is 10.6 Å². The van der Waals surface area contributed by atoms with E-state index >= 15 is 0 Å². The van der Waals surface area contributed by atoms with E-state index in [0.717, 1.165) is 12.0 Å². The van der Waals surface area contributed by atoms with Gasteiger partial charge >= 0.3 is 0 Å². The van der Waals surface area contributed by atoms with Crippen LogP contribution in [-0.4, -0.2) is 43.7 Å². The molecule has 0 unspecified atom stereocenters. The first-order valence-corrected chi connectivity index (χ1v) is 11.6. The highest BCUT2D eigenvalue weighted by Gasteiger charge is 2.45. The number of amides is 2. The van der Waals surface area contributed by atoms with Crippen molar-refractivity contribution in [2.24, 2.45) is 0 Å². The van der Waals surface area contributed by atoms with Gasteiger partial charge in [0.15, 0.2) is 0 Å². The van der Waals surface area contributed by atoms with Crippen LogP contribution in [0.4, 0.5) is 0 Å². The van der Waals surface area contributed by atoms with Gasteiger partial charge in [0.2, 0.25) is 5.91 Å². The average Bonchev–Trinajstić information content (AvgIpc) is 3.60. The van der Waals surface area contributed by atoms with E-state index in [0.29, 0.717) is 54.7 Å². The van der Waals surface area contributed by atoms with Gasteiger partial charge in [0.25, 0.3) is 5.91 Å². The van der Waals surface area contributed by atoms with Crippen molar-refractivity contribution in [2.75, 3.05) is 20.3 Å². The number of hydrogen-bond acceptors (Lipinski definition) is 6. The molecule has 2 aromatic rings. The molecule has 1 saturated carbocycles. The molecule has 2 aromatic carbocycles. The SMILES string of the molecule is COc1ccc2c(c1)OCCCCOc1ccc(cc1Cl)C[C@@H](C(=O)NC1(C#N)CC1)NC2=O. The molecule has 2 amide bonds. The summed E-state index contributed by atoms with van der Waals surface area (Å²) in [7, 11) is 1.54. The van der Waals surface area contributed by atoms with E-state index < -0.39 is 23.4 Å². The molecule has 0 radical (unpaired) electrons. The number of ether oxygens (including phenoxy) is 3. The third-order valence-electron chi connectivity index (χ3n) is 5.87. The molecule has 5 rings (SSSR count). The smallest absolute Gasteiger partial charge is 0.255 e. The maximum absolute atomic E-state index is 13.3. The van der Waals surface area contributed by atoms with E-state index in [2.05, 4.69) is 16.7 Å².